The van der Waals surface area contributed by atoms with E-state index in [2.05, 4.69) is 11.2 Å². The molecular formula is C21H16Cl2N4O2. The van der Waals surface area contributed by atoms with Gasteiger partial charge >= 0.3 is 0 Å². The summed E-state index contributed by atoms with van der Waals surface area (Å²) in [6.45, 7) is 1.85. The van der Waals surface area contributed by atoms with Gasteiger partial charge in [0.2, 0.25) is 5.88 Å². The SMILES string of the molecule is COc1ccc(C2=C(C#N)C(N)Oc3c2c(C)nn3-c2cc(Cl)cc(Cl)c2)cc1. The van der Waals surface area contributed by atoms with E-state index in [1.807, 2.05) is 31.2 Å². The van der Waals surface area contributed by atoms with Crippen LogP contribution < -0.4 is 15.2 Å². The van der Waals surface area contributed by atoms with E-state index in [1.165, 1.54) is 0 Å². The molecule has 4 rings (SSSR count). The number of nitriles is 1. The molecule has 2 heterocycles. The van der Waals surface area contributed by atoms with E-state index in [4.69, 9.17) is 38.4 Å². The van der Waals surface area contributed by atoms with Crippen LogP contribution >= 0.6 is 23.2 Å². The monoisotopic (exact) mass is 426 g/mol. The predicted octanol–water partition coefficient (Wildman–Crippen LogP) is 4.50. The van der Waals surface area contributed by atoms with Crippen LogP contribution in [0.1, 0.15) is 16.8 Å². The first-order valence-corrected chi connectivity index (χ1v) is 9.46. The lowest BCUT2D eigenvalue weighted by Crippen LogP contribution is -2.33. The van der Waals surface area contributed by atoms with Crippen molar-refractivity contribution in [2.45, 2.75) is 13.2 Å². The molecule has 0 spiro atoms. The van der Waals surface area contributed by atoms with Gasteiger partial charge in [-0.15, -0.1) is 0 Å². The highest BCUT2D eigenvalue weighted by atomic mass is 35.5. The summed E-state index contributed by atoms with van der Waals surface area (Å²) in [5.41, 5.74) is 10.0. The van der Waals surface area contributed by atoms with Crippen LogP contribution in [-0.2, 0) is 0 Å². The normalized spacial score (nSPS) is 15.5. The number of hydrogen-bond acceptors (Lipinski definition) is 5. The van der Waals surface area contributed by atoms with E-state index < -0.39 is 6.23 Å². The molecule has 0 fully saturated rings. The van der Waals surface area contributed by atoms with Gasteiger partial charge in [-0.2, -0.15) is 10.4 Å². The summed E-state index contributed by atoms with van der Waals surface area (Å²) < 4.78 is 12.7. The van der Waals surface area contributed by atoms with Crippen LogP contribution in [0.4, 0.5) is 0 Å². The second-order valence-electron chi connectivity index (χ2n) is 6.47. The average Bonchev–Trinajstić information content (AvgIpc) is 3.02. The zero-order valence-electron chi connectivity index (χ0n) is 15.6. The first kappa shape index (κ1) is 19.3. The maximum Gasteiger partial charge on any atom is 0.226 e. The highest BCUT2D eigenvalue weighted by molar-refractivity contribution is 6.34. The topological polar surface area (TPSA) is 86.1 Å². The molecule has 1 atom stereocenters. The lowest BCUT2D eigenvalue weighted by Gasteiger charge is -2.25. The minimum Gasteiger partial charge on any atom is -0.497 e. The predicted molar refractivity (Wildman–Crippen MR) is 112 cm³/mol. The zero-order chi connectivity index (χ0) is 20.7. The van der Waals surface area contributed by atoms with E-state index in [9.17, 15) is 5.26 Å². The molecular weight excluding hydrogens is 411 g/mol. The average molecular weight is 427 g/mol. The summed E-state index contributed by atoms with van der Waals surface area (Å²) >= 11 is 12.3. The van der Waals surface area contributed by atoms with Crippen LogP contribution in [0.15, 0.2) is 48.0 Å². The van der Waals surface area contributed by atoms with E-state index in [-0.39, 0.29) is 0 Å². The Bertz CT molecular complexity index is 1160. The Labute approximate surface area is 177 Å². The number of nitrogens with two attached hydrogens (primary N) is 1. The molecule has 0 saturated carbocycles. The molecule has 2 aromatic carbocycles. The summed E-state index contributed by atoms with van der Waals surface area (Å²) in [6.07, 6.45) is -0.936. The Kier molecular flexibility index (Phi) is 4.97. The van der Waals surface area contributed by atoms with Crippen molar-refractivity contribution in [3.63, 3.8) is 0 Å². The second kappa shape index (κ2) is 7.45. The summed E-state index contributed by atoms with van der Waals surface area (Å²) in [5, 5.41) is 15.3. The Balaban J connectivity index is 1.96. The van der Waals surface area contributed by atoms with Crippen LogP contribution in [0, 0.1) is 18.3 Å². The molecule has 8 heteroatoms. The van der Waals surface area contributed by atoms with Crippen LogP contribution in [-0.4, -0.2) is 23.1 Å². The van der Waals surface area contributed by atoms with Crippen molar-refractivity contribution in [2.75, 3.05) is 7.11 Å². The molecule has 1 unspecified atom stereocenters. The van der Waals surface area contributed by atoms with E-state index in [0.29, 0.717) is 49.8 Å². The van der Waals surface area contributed by atoms with E-state index >= 15 is 0 Å². The maximum atomic E-state index is 9.75. The third kappa shape index (κ3) is 3.34. The Hall–Kier alpha value is -2.98. The lowest BCUT2D eigenvalue weighted by molar-refractivity contribution is 0.228. The molecule has 29 heavy (non-hydrogen) atoms. The summed E-state index contributed by atoms with van der Waals surface area (Å²) in [5.74, 6) is 1.14. The van der Waals surface area contributed by atoms with Gasteiger partial charge in [-0.3, -0.25) is 5.73 Å². The zero-order valence-corrected chi connectivity index (χ0v) is 17.1. The summed E-state index contributed by atoms with van der Waals surface area (Å²) in [6, 6.07) is 14.7. The number of fused-ring (bicyclic) bond motifs is 1. The van der Waals surface area contributed by atoms with E-state index in [1.54, 1.807) is 30.0 Å². The highest BCUT2D eigenvalue weighted by Gasteiger charge is 2.33. The fourth-order valence-electron chi connectivity index (χ4n) is 3.37. The molecule has 146 valence electrons. The molecule has 2 N–H and O–H groups in total. The number of benzene rings is 2. The number of aryl methyl sites for hydroxylation is 1. The molecule has 0 amide bonds. The number of ether oxygens (including phenoxy) is 2. The molecule has 0 aliphatic carbocycles. The molecule has 0 bridgehead atoms. The Morgan fingerprint density at radius 1 is 1.17 bits per heavy atom. The standard InChI is InChI=1S/C21H16Cl2N4O2/c1-11-18-19(12-3-5-16(28-2)6-4-12)17(10-24)20(25)29-21(18)27(26-11)15-8-13(22)7-14(23)9-15/h3-9,20H,25H2,1-2H3. The van der Waals surface area contributed by atoms with E-state index in [0.717, 1.165) is 5.56 Å². The summed E-state index contributed by atoms with van der Waals surface area (Å²) in [4.78, 5) is 0. The number of nitrogens with zero attached hydrogens (tertiary/aromatic N) is 3. The Morgan fingerprint density at radius 3 is 2.41 bits per heavy atom. The number of rotatable bonds is 3. The van der Waals surface area contributed by atoms with Crippen molar-refractivity contribution in [2.24, 2.45) is 5.73 Å². The summed E-state index contributed by atoms with van der Waals surface area (Å²) in [7, 11) is 1.60. The maximum absolute atomic E-state index is 9.75. The first-order chi connectivity index (χ1) is 13.9. The smallest absolute Gasteiger partial charge is 0.226 e. The van der Waals surface area contributed by atoms with Crippen molar-refractivity contribution >= 4 is 28.8 Å². The molecule has 0 saturated heterocycles. The number of methoxy groups -OCH3 is 1. The fraction of sp³-hybridized carbons (Fsp3) is 0.143. The third-order valence-electron chi connectivity index (χ3n) is 4.65. The molecule has 1 aliphatic rings. The van der Waals surface area contributed by atoms with Gasteiger partial charge in [0, 0.05) is 15.6 Å². The molecule has 3 aromatic rings. The number of hydrogen-bond donors (Lipinski definition) is 1. The van der Waals surface area contributed by atoms with Crippen molar-refractivity contribution in [3.05, 3.63) is 74.9 Å². The minimum atomic E-state index is -0.936. The Morgan fingerprint density at radius 2 is 1.83 bits per heavy atom. The van der Waals surface area contributed by atoms with Gasteiger partial charge in [0.1, 0.15) is 11.8 Å². The van der Waals surface area contributed by atoms with Crippen LogP contribution in [0.2, 0.25) is 10.0 Å². The molecule has 1 aliphatic heterocycles. The highest BCUT2D eigenvalue weighted by Crippen LogP contribution is 2.42. The largest absolute Gasteiger partial charge is 0.497 e. The van der Waals surface area contributed by atoms with Crippen molar-refractivity contribution < 1.29 is 9.47 Å². The molecule has 1 aromatic heterocycles. The van der Waals surface area contributed by atoms with Crippen LogP contribution in [0.3, 0.4) is 0 Å². The fourth-order valence-corrected chi connectivity index (χ4v) is 3.89. The molecule has 6 nitrogen and oxygen atoms in total. The minimum absolute atomic E-state index is 0.328. The lowest BCUT2D eigenvalue weighted by atomic mass is 9.91. The van der Waals surface area contributed by atoms with Gasteiger partial charge in [0.15, 0.2) is 6.23 Å². The quantitative estimate of drug-likeness (QED) is 0.665. The second-order valence-corrected chi connectivity index (χ2v) is 7.35. The van der Waals surface area contributed by atoms with Crippen LogP contribution in [0.25, 0.3) is 11.3 Å². The van der Waals surface area contributed by atoms with Gasteiger partial charge in [-0.25, -0.2) is 4.68 Å². The van der Waals surface area contributed by atoms with Gasteiger partial charge < -0.3 is 9.47 Å². The van der Waals surface area contributed by atoms with Gasteiger partial charge in [-0.05, 0) is 42.8 Å². The third-order valence-corrected chi connectivity index (χ3v) is 5.09. The van der Waals surface area contributed by atoms with Crippen molar-refractivity contribution in [3.8, 4) is 23.4 Å². The van der Waals surface area contributed by atoms with Gasteiger partial charge in [0.25, 0.3) is 0 Å². The molecule has 0 radical (unpaired) electrons. The van der Waals surface area contributed by atoms with Gasteiger partial charge in [0.05, 0.1) is 29.6 Å². The van der Waals surface area contributed by atoms with Crippen LogP contribution in [0.5, 0.6) is 11.6 Å². The number of halogens is 2. The van der Waals surface area contributed by atoms with Crippen molar-refractivity contribution in [1.82, 2.24) is 9.78 Å². The first-order valence-electron chi connectivity index (χ1n) is 8.70. The van der Waals surface area contributed by atoms with Crippen molar-refractivity contribution in [1.29, 1.82) is 5.26 Å². The number of aromatic nitrogens is 2. The van der Waals surface area contributed by atoms with Gasteiger partial charge in [-0.1, -0.05) is 35.3 Å².